The van der Waals surface area contributed by atoms with E-state index in [9.17, 15) is 14.9 Å². The highest BCUT2D eigenvalue weighted by atomic mass is 16.6. The number of carboxylic acid groups (broad SMARTS) is 1. The zero-order chi connectivity index (χ0) is 15.6. The maximum absolute atomic E-state index is 11.1. The van der Waals surface area contributed by atoms with Crippen LogP contribution in [-0.4, -0.2) is 27.0 Å². The Balaban J connectivity index is 2.23. The van der Waals surface area contributed by atoms with Crippen LogP contribution in [0.5, 0.6) is 0 Å². The number of anilines is 1. The third kappa shape index (κ3) is 3.68. The number of hydrogen-bond donors (Lipinski definition) is 2. The Morgan fingerprint density at radius 1 is 1.38 bits per heavy atom. The molecule has 1 saturated carbocycles. The Bertz CT molecular complexity index is 551. The second kappa shape index (κ2) is 6.07. The van der Waals surface area contributed by atoms with Crippen LogP contribution in [0.4, 0.5) is 11.5 Å². The highest BCUT2D eigenvalue weighted by Gasteiger charge is 2.27. The van der Waals surface area contributed by atoms with Gasteiger partial charge in [0.2, 0.25) is 5.82 Å². The van der Waals surface area contributed by atoms with Crippen LogP contribution in [0.2, 0.25) is 0 Å². The number of aromatic carboxylic acids is 1. The number of nitro groups is 1. The molecule has 1 fully saturated rings. The number of carbonyl (C=O) groups is 1. The molecule has 7 heteroatoms. The number of hydrogen-bond acceptors (Lipinski definition) is 5. The molecule has 2 rings (SSSR count). The average Bonchev–Trinajstić information content (AvgIpc) is 2.37. The normalized spacial score (nSPS) is 25.3. The quantitative estimate of drug-likeness (QED) is 0.653. The minimum atomic E-state index is -1.22. The smallest absolute Gasteiger partial charge is 0.337 e. The second-order valence-corrected chi connectivity index (χ2v) is 5.91. The number of pyridine rings is 1. The Labute approximate surface area is 122 Å². The molecule has 0 aliphatic heterocycles. The monoisotopic (exact) mass is 293 g/mol. The van der Waals surface area contributed by atoms with E-state index in [1.807, 2.05) is 0 Å². The van der Waals surface area contributed by atoms with Gasteiger partial charge in [0.05, 0.1) is 10.5 Å². The van der Waals surface area contributed by atoms with Crippen LogP contribution in [0.1, 0.15) is 43.5 Å². The summed E-state index contributed by atoms with van der Waals surface area (Å²) in [6, 6.07) is 1.18. The molecule has 1 aliphatic carbocycles. The van der Waals surface area contributed by atoms with Crippen LogP contribution >= 0.6 is 0 Å². The zero-order valence-corrected chi connectivity index (χ0v) is 12.1. The number of nitrogens with zero attached hydrogens (tertiary/aromatic N) is 2. The molecule has 0 amide bonds. The van der Waals surface area contributed by atoms with Crippen molar-refractivity contribution >= 4 is 17.5 Å². The van der Waals surface area contributed by atoms with E-state index in [0.717, 1.165) is 31.5 Å². The number of aromatic nitrogens is 1. The minimum Gasteiger partial charge on any atom is -0.478 e. The molecule has 114 valence electrons. The standard InChI is InChI=1S/C14H19N3O4/c1-8-3-9(2)5-11(4-8)16-13-12(17(20)21)6-10(7-15-13)14(18)19/h6-9,11H,3-5H2,1-2H3,(H,15,16)(H,18,19). The van der Waals surface area contributed by atoms with Gasteiger partial charge in [-0.05, 0) is 31.1 Å². The van der Waals surface area contributed by atoms with Crippen molar-refractivity contribution in [3.05, 3.63) is 27.9 Å². The van der Waals surface area contributed by atoms with Crippen molar-refractivity contribution < 1.29 is 14.8 Å². The molecule has 0 bridgehead atoms. The molecule has 2 N–H and O–H groups in total. The third-order valence-electron chi connectivity index (χ3n) is 3.83. The van der Waals surface area contributed by atoms with Crippen molar-refractivity contribution in [3.63, 3.8) is 0 Å². The summed E-state index contributed by atoms with van der Waals surface area (Å²) in [4.78, 5) is 25.3. The summed E-state index contributed by atoms with van der Waals surface area (Å²) in [5.41, 5.74) is -0.474. The molecule has 0 saturated heterocycles. The third-order valence-corrected chi connectivity index (χ3v) is 3.83. The molecule has 1 aromatic heterocycles. The van der Waals surface area contributed by atoms with Gasteiger partial charge < -0.3 is 10.4 Å². The summed E-state index contributed by atoms with van der Waals surface area (Å²) in [6.45, 7) is 4.33. The Hall–Kier alpha value is -2.18. The van der Waals surface area contributed by atoms with Gasteiger partial charge in [0.25, 0.3) is 0 Å². The van der Waals surface area contributed by atoms with E-state index < -0.39 is 10.9 Å². The predicted molar refractivity (Wildman–Crippen MR) is 77.4 cm³/mol. The fourth-order valence-electron chi connectivity index (χ4n) is 3.08. The lowest BCUT2D eigenvalue weighted by atomic mass is 9.80. The average molecular weight is 293 g/mol. The van der Waals surface area contributed by atoms with Crippen molar-refractivity contribution in [2.75, 3.05) is 5.32 Å². The van der Waals surface area contributed by atoms with E-state index >= 15 is 0 Å². The molecule has 0 radical (unpaired) electrons. The summed E-state index contributed by atoms with van der Waals surface area (Å²) in [6.07, 6.45) is 4.17. The molecule has 2 unspecified atom stereocenters. The Morgan fingerprint density at radius 2 is 2.00 bits per heavy atom. The Kier molecular flexibility index (Phi) is 4.40. The van der Waals surface area contributed by atoms with E-state index in [1.54, 1.807) is 0 Å². The van der Waals surface area contributed by atoms with Crippen LogP contribution in [0.25, 0.3) is 0 Å². The summed E-state index contributed by atoms with van der Waals surface area (Å²) in [7, 11) is 0. The van der Waals surface area contributed by atoms with Crippen molar-refractivity contribution in [1.29, 1.82) is 0 Å². The highest BCUT2D eigenvalue weighted by Crippen LogP contribution is 2.32. The molecular weight excluding hydrogens is 274 g/mol. The van der Waals surface area contributed by atoms with Gasteiger partial charge in [-0.25, -0.2) is 9.78 Å². The summed E-state index contributed by atoms with van der Waals surface area (Å²) >= 11 is 0. The van der Waals surface area contributed by atoms with Crippen LogP contribution < -0.4 is 5.32 Å². The molecule has 0 aromatic carbocycles. The minimum absolute atomic E-state index is 0.130. The number of nitrogens with one attached hydrogen (secondary N) is 1. The summed E-state index contributed by atoms with van der Waals surface area (Å²) < 4.78 is 0. The van der Waals surface area contributed by atoms with Gasteiger partial charge in [0.15, 0.2) is 0 Å². The lowest BCUT2D eigenvalue weighted by Gasteiger charge is -2.32. The molecular formula is C14H19N3O4. The number of rotatable bonds is 4. The maximum Gasteiger partial charge on any atom is 0.337 e. The largest absolute Gasteiger partial charge is 0.478 e. The first-order valence-electron chi connectivity index (χ1n) is 7.01. The fraction of sp³-hybridized carbons (Fsp3) is 0.571. The van der Waals surface area contributed by atoms with E-state index in [4.69, 9.17) is 5.11 Å². The van der Waals surface area contributed by atoms with Crippen molar-refractivity contribution in [2.24, 2.45) is 11.8 Å². The predicted octanol–water partition coefficient (Wildman–Crippen LogP) is 2.92. The lowest BCUT2D eigenvalue weighted by Crippen LogP contribution is -2.30. The van der Waals surface area contributed by atoms with Crippen molar-refractivity contribution in [2.45, 2.75) is 39.2 Å². The van der Waals surface area contributed by atoms with Crippen molar-refractivity contribution in [1.82, 2.24) is 4.98 Å². The number of carboxylic acids is 1. The Morgan fingerprint density at radius 3 is 2.52 bits per heavy atom. The van der Waals surface area contributed by atoms with Gasteiger partial charge in [-0.15, -0.1) is 0 Å². The van der Waals surface area contributed by atoms with Crippen LogP contribution in [-0.2, 0) is 0 Å². The van der Waals surface area contributed by atoms with Gasteiger partial charge in [-0.3, -0.25) is 10.1 Å². The van der Waals surface area contributed by atoms with Gasteiger partial charge in [0.1, 0.15) is 0 Å². The van der Waals surface area contributed by atoms with Gasteiger partial charge >= 0.3 is 11.7 Å². The van der Waals surface area contributed by atoms with Gasteiger partial charge in [0, 0.05) is 18.3 Å². The van der Waals surface area contributed by atoms with Gasteiger partial charge in [-0.2, -0.15) is 0 Å². The van der Waals surface area contributed by atoms with Crippen LogP contribution in [0.3, 0.4) is 0 Å². The lowest BCUT2D eigenvalue weighted by molar-refractivity contribution is -0.384. The molecule has 1 aromatic rings. The van der Waals surface area contributed by atoms with Crippen molar-refractivity contribution in [3.8, 4) is 0 Å². The van der Waals surface area contributed by atoms with Crippen LogP contribution in [0.15, 0.2) is 12.3 Å². The first-order chi connectivity index (χ1) is 9.86. The van der Waals surface area contributed by atoms with Crippen LogP contribution in [0, 0.1) is 22.0 Å². The van der Waals surface area contributed by atoms with E-state index in [2.05, 4.69) is 24.1 Å². The first kappa shape index (κ1) is 15.2. The topological polar surface area (TPSA) is 105 Å². The molecule has 2 atom stereocenters. The van der Waals surface area contributed by atoms with E-state index in [-0.39, 0.29) is 23.1 Å². The second-order valence-electron chi connectivity index (χ2n) is 5.91. The molecule has 1 aliphatic rings. The first-order valence-corrected chi connectivity index (χ1v) is 7.01. The molecule has 1 heterocycles. The highest BCUT2D eigenvalue weighted by molar-refractivity contribution is 5.88. The van der Waals surface area contributed by atoms with E-state index in [1.165, 1.54) is 0 Å². The van der Waals surface area contributed by atoms with Gasteiger partial charge in [-0.1, -0.05) is 13.8 Å². The van der Waals surface area contributed by atoms with E-state index in [0.29, 0.717) is 11.8 Å². The molecule has 7 nitrogen and oxygen atoms in total. The molecule has 21 heavy (non-hydrogen) atoms. The zero-order valence-electron chi connectivity index (χ0n) is 12.1. The summed E-state index contributed by atoms with van der Waals surface area (Å²) in [5.74, 6) is 0.0422. The molecule has 0 spiro atoms. The summed E-state index contributed by atoms with van der Waals surface area (Å²) in [5, 5.41) is 23.1. The maximum atomic E-state index is 11.1. The fourth-order valence-corrected chi connectivity index (χ4v) is 3.08. The SMILES string of the molecule is CC1CC(C)CC(Nc2ncc(C(=O)O)cc2[N+](=O)[O-])C1.